The van der Waals surface area contributed by atoms with Gasteiger partial charge in [-0.15, -0.1) is 0 Å². The van der Waals surface area contributed by atoms with E-state index in [9.17, 15) is 4.79 Å². The van der Waals surface area contributed by atoms with Crippen LogP contribution in [0.3, 0.4) is 0 Å². The van der Waals surface area contributed by atoms with Crippen molar-refractivity contribution in [2.45, 2.75) is 82.8 Å². The summed E-state index contributed by atoms with van der Waals surface area (Å²) in [6.45, 7) is 9.35. The summed E-state index contributed by atoms with van der Waals surface area (Å²) < 4.78 is 19.3. The van der Waals surface area contributed by atoms with Crippen molar-refractivity contribution in [3.8, 4) is 11.5 Å². The average Bonchev–Trinajstić information content (AvgIpc) is 3.66. The van der Waals surface area contributed by atoms with Crippen LogP contribution in [0.2, 0.25) is 0 Å². The van der Waals surface area contributed by atoms with E-state index in [-0.39, 0.29) is 12.0 Å². The fourth-order valence-electron chi connectivity index (χ4n) is 5.16. The highest BCUT2D eigenvalue weighted by Gasteiger charge is 2.38. The summed E-state index contributed by atoms with van der Waals surface area (Å²) in [7, 11) is 0. The predicted octanol–water partition coefficient (Wildman–Crippen LogP) is 4.52. The largest absolute Gasteiger partial charge is 0.465 e. The molecule has 196 valence electrons. The van der Waals surface area contributed by atoms with Crippen LogP contribution in [0.4, 0.5) is 5.82 Å². The van der Waals surface area contributed by atoms with Crippen LogP contribution in [0.25, 0.3) is 0 Å². The van der Waals surface area contributed by atoms with E-state index >= 15 is 0 Å². The van der Waals surface area contributed by atoms with Gasteiger partial charge < -0.3 is 19.5 Å². The number of anilines is 1. The Hall–Kier alpha value is -2.65. The number of likely N-dealkylation sites (tertiary alicyclic amines) is 1. The SMILES string of the molecule is CCOC(=O)C(C)(C)N1CCC(Nc2cc(Oc3cn(C4CC4)nc3C3CCOCC3)ccn2)CC1. The molecule has 0 unspecified atom stereocenters. The first-order valence-corrected chi connectivity index (χ1v) is 13.4. The summed E-state index contributed by atoms with van der Waals surface area (Å²) in [5, 5.41) is 8.50. The number of hydrogen-bond acceptors (Lipinski definition) is 8. The Bertz CT molecular complexity index is 1040. The Balaban J connectivity index is 1.22. The summed E-state index contributed by atoms with van der Waals surface area (Å²) in [6, 6.07) is 4.67. The van der Waals surface area contributed by atoms with Crippen molar-refractivity contribution in [1.82, 2.24) is 19.7 Å². The third-order valence-corrected chi connectivity index (χ3v) is 7.63. The zero-order valence-electron chi connectivity index (χ0n) is 21.7. The van der Waals surface area contributed by atoms with E-state index in [1.54, 1.807) is 6.20 Å². The van der Waals surface area contributed by atoms with Crippen molar-refractivity contribution in [3.63, 3.8) is 0 Å². The minimum absolute atomic E-state index is 0.159. The summed E-state index contributed by atoms with van der Waals surface area (Å²) in [5.41, 5.74) is 0.438. The maximum atomic E-state index is 12.4. The lowest BCUT2D eigenvalue weighted by Crippen LogP contribution is -2.55. The van der Waals surface area contributed by atoms with E-state index in [0.29, 0.717) is 18.6 Å². The van der Waals surface area contributed by atoms with Gasteiger partial charge in [0.05, 0.1) is 18.8 Å². The van der Waals surface area contributed by atoms with Crippen LogP contribution in [-0.4, -0.2) is 70.1 Å². The zero-order valence-corrected chi connectivity index (χ0v) is 21.7. The minimum Gasteiger partial charge on any atom is -0.465 e. The second-order valence-electron chi connectivity index (χ2n) is 10.6. The molecular weight excluding hydrogens is 458 g/mol. The number of ether oxygens (including phenoxy) is 3. The lowest BCUT2D eigenvalue weighted by Gasteiger charge is -2.41. The fraction of sp³-hybridized carbons (Fsp3) is 0.667. The van der Waals surface area contributed by atoms with Gasteiger partial charge in [-0.05, 0) is 65.4 Å². The summed E-state index contributed by atoms with van der Waals surface area (Å²) in [6.07, 6.45) is 10.0. The molecule has 2 aromatic rings. The van der Waals surface area contributed by atoms with Gasteiger partial charge in [0.2, 0.25) is 0 Å². The first-order chi connectivity index (χ1) is 17.4. The number of piperidine rings is 1. The van der Waals surface area contributed by atoms with Gasteiger partial charge in [0, 0.05) is 50.5 Å². The van der Waals surface area contributed by atoms with Crippen LogP contribution in [0.1, 0.15) is 76.9 Å². The number of esters is 1. The van der Waals surface area contributed by atoms with Crippen LogP contribution in [0.15, 0.2) is 24.5 Å². The van der Waals surface area contributed by atoms with Crippen LogP contribution in [0, 0.1) is 0 Å². The summed E-state index contributed by atoms with van der Waals surface area (Å²) in [4.78, 5) is 19.1. The molecular formula is C27H39N5O4. The van der Waals surface area contributed by atoms with Gasteiger partial charge in [-0.3, -0.25) is 14.4 Å². The smallest absolute Gasteiger partial charge is 0.325 e. The highest BCUT2D eigenvalue weighted by Crippen LogP contribution is 2.40. The van der Waals surface area contributed by atoms with Gasteiger partial charge in [-0.1, -0.05) is 0 Å². The van der Waals surface area contributed by atoms with Crippen molar-refractivity contribution < 1.29 is 19.0 Å². The molecule has 4 heterocycles. The molecule has 1 N–H and O–H groups in total. The van der Waals surface area contributed by atoms with E-state index in [4.69, 9.17) is 19.3 Å². The molecule has 5 rings (SSSR count). The Labute approximate surface area is 213 Å². The maximum Gasteiger partial charge on any atom is 0.325 e. The third-order valence-electron chi connectivity index (χ3n) is 7.63. The maximum absolute atomic E-state index is 12.4. The predicted molar refractivity (Wildman–Crippen MR) is 137 cm³/mol. The topological polar surface area (TPSA) is 90.7 Å². The molecule has 2 aromatic heterocycles. The van der Waals surface area contributed by atoms with Crippen LogP contribution in [0.5, 0.6) is 11.5 Å². The second kappa shape index (κ2) is 10.8. The monoisotopic (exact) mass is 497 g/mol. The molecule has 0 atom stereocenters. The van der Waals surface area contributed by atoms with Crippen molar-refractivity contribution in [2.75, 3.05) is 38.2 Å². The second-order valence-corrected chi connectivity index (χ2v) is 10.6. The number of pyridine rings is 1. The zero-order chi connectivity index (χ0) is 25.1. The number of carbonyl (C=O) groups excluding carboxylic acids is 1. The van der Waals surface area contributed by atoms with Gasteiger partial charge in [0.25, 0.3) is 0 Å². The molecule has 9 nitrogen and oxygen atoms in total. The van der Waals surface area contributed by atoms with E-state index in [0.717, 1.165) is 75.0 Å². The highest BCUT2D eigenvalue weighted by atomic mass is 16.5. The summed E-state index contributed by atoms with van der Waals surface area (Å²) >= 11 is 0. The van der Waals surface area contributed by atoms with Gasteiger partial charge in [0.1, 0.15) is 22.8 Å². The minimum atomic E-state index is -0.611. The molecule has 9 heteroatoms. The lowest BCUT2D eigenvalue weighted by molar-refractivity contribution is -0.156. The number of rotatable bonds is 9. The molecule has 3 fully saturated rings. The standard InChI is InChI=1S/C27H39N5O4/c1-4-35-26(33)27(2,3)31-13-8-20(9-14-31)29-24-17-22(7-12-28-24)36-23-18-32(21-5-6-21)30-25(23)19-10-15-34-16-11-19/h7,12,17-21H,4-6,8-11,13-16H2,1-3H3,(H,28,29). The molecule has 2 aliphatic heterocycles. The number of nitrogens with one attached hydrogen (secondary N) is 1. The molecule has 1 aliphatic carbocycles. The molecule has 0 radical (unpaired) electrons. The number of aromatic nitrogens is 3. The summed E-state index contributed by atoms with van der Waals surface area (Å²) in [5.74, 6) is 2.63. The van der Waals surface area contributed by atoms with Gasteiger partial charge in [0.15, 0.2) is 5.75 Å². The van der Waals surface area contributed by atoms with Crippen molar-refractivity contribution in [3.05, 3.63) is 30.2 Å². The van der Waals surface area contributed by atoms with E-state index in [1.165, 1.54) is 12.8 Å². The Kier molecular flexibility index (Phi) is 7.48. The van der Waals surface area contributed by atoms with E-state index < -0.39 is 5.54 Å². The molecule has 0 bridgehead atoms. The van der Waals surface area contributed by atoms with Gasteiger partial charge in [-0.2, -0.15) is 5.10 Å². The Morgan fingerprint density at radius 3 is 2.61 bits per heavy atom. The van der Waals surface area contributed by atoms with Gasteiger partial charge in [-0.25, -0.2) is 4.98 Å². The molecule has 0 spiro atoms. The first kappa shape index (κ1) is 25.0. The van der Waals surface area contributed by atoms with Crippen LogP contribution < -0.4 is 10.1 Å². The highest BCUT2D eigenvalue weighted by molar-refractivity contribution is 5.79. The number of nitrogens with zero attached hydrogens (tertiary/aromatic N) is 4. The number of carbonyl (C=O) groups is 1. The fourth-order valence-corrected chi connectivity index (χ4v) is 5.16. The van der Waals surface area contributed by atoms with Crippen molar-refractivity contribution >= 4 is 11.8 Å². The molecule has 3 aliphatic rings. The van der Waals surface area contributed by atoms with Crippen LogP contribution >= 0.6 is 0 Å². The third kappa shape index (κ3) is 5.67. The van der Waals surface area contributed by atoms with E-state index in [2.05, 4.69) is 26.1 Å². The van der Waals surface area contributed by atoms with Crippen molar-refractivity contribution in [2.24, 2.45) is 0 Å². The molecule has 36 heavy (non-hydrogen) atoms. The Morgan fingerprint density at radius 2 is 1.92 bits per heavy atom. The quantitative estimate of drug-likeness (QED) is 0.506. The molecule has 1 saturated carbocycles. The average molecular weight is 498 g/mol. The Morgan fingerprint density at radius 1 is 1.17 bits per heavy atom. The first-order valence-electron chi connectivity index (χ1n) is 13.4. The van der Waals surface area contributed by atoms with E-state index in [1.807, 2.05) is 32.9 Å². The lowest BCUT2D eigenvalue weighted by atomic mass is 9.96. The molecule has 0 amide bonds. The van der Waals surface area contributed by atoms with Crippen LogP contribution in [-0.2, 0) is 14.3 Å². The number of hydrogen-bond donors (Lipinski definition) is 1. The van der Waals surface area contributed by atoms with Gasteiger partial charge >= 0.3 is 5.97 Å². The normalized spacial score (nSPS) is 20.3. The molecule has 2 saturated heterocycles. The molecule has 0 aromatic carbocycles. The van der Waals surface area contributed by atoms with Crippen molar-refractivity contribution in [1.29, 1.82) is 0 Å².